The first-order chi connectivity index (χ1) is 5.98. The molecular formula is C4H3F5O4S. The fraction of sp³-hybridized carbons (Fsp3) is 0.750. The van der Waals surface area contributed by atoms with E-state index in [-0.39, 0.29) is 7.11 Å². The summed E-state index contributed by atoms with van der Waals surface area (Å²) in [4.78, 5) is 10.2. The van der Waals surface area contributed by atoms with Gasteiger partial charge in [-0.1, -0.05) is 0 Å². The van der Waals surface area contributed by atoms with E-state index < -0.39 is 27.4 Å². The fourth-order valence-electron chi connectivity index (χ4n) is 0.485. The van der Waals surface area contributed by atoms with Gasteiger partial charge in [0.15, 0.2) is 0 Å². The summed E-state index contributed by atoms with van der Waals surface area (Å²) in [6.45, 7) is 0. The van der Waals surface area contributed by atoms with Crippen LogP contribution in [0.5, 0.6) is 0 Å². The summed E-state index contributed by atoms with van der Waals surface area (Å²) in [5.74, 6) is -2.88. The quantitative estimate of drug-likeness (QED) is 0.406. The van der Waals surface area contributed by atoms with Crippen LogP contribution in [0, 0.1) is 0 Å². The van der Waals surface area contributed by atoms with Gasteiger partial charge in [0.2, 0.25) is 0 Å². The highest BCUT2D eigenvalue weighted by Crippen LogP contribution is 2.40. The van der Waals surface area contributed by atoms with Crippen molar-refractivity contribution in [1.82, 2.24) is 0 Å². The Morgan fingerprint density at radius 2 is 1.57 bits per heavy atom. The molecular weight excluding hydrogens is 239 g/mol. The molecule has 1 unspecified atom stereocenters. The molecule has 84 valence electrons. The van der Waals surface area contributed by atoms with Crippen molar-refractivity contribution in [2.75, 3.05) is 7.11 Å². The zero-order valence-electron chi connectivity index (χ0n) is 6.43. The Kier molecular flexibility index (Phi) is 3.11. The third-order valence-corrected chi connectivity index (χ3v) is 2.22. The topological polar surface area (TPSA) is 60.4 Å². The Morgan fingerprint density at radius 1 is 1.21 bits per heavy atom. The third-order valence-electron chi connectivity index (χ3n) is 1.15. The van der Waals surface area contributed by atoms with Gasteiger partial charge in [-0.25, -0.2) is 9.18 Å². The number of esters is 1. The van der Waals surface area contributed by atoms with Crippen molar-refractivity contribution >= 4 is 16.2 Å². The van der Waals surface area contributed by atoms with Crippen LogP contribution >= 0.6 is 0 Å². The maximum Gasteiger partial charge on any atom is 0.451 e. The molecule has 0 aliphatic rings. The van der Waals surface area contributed by atoms with Crippen LogP contribution in [-0.2, 0) is 19.8 Å². The van der Waals surface area contributed by atoms with Gasteiger partial charge in [-0.3, -0.25) is 0 Å². The molecule has 0 aliphatic carbocycles. The van der Waals surface area contributed by atoms with Gasteiger partial charge < -0.3 is 4.74 Å². The molecule has 4 nitrogen and oxygen atoms in total. The highest BCUT2D eigenvalue weighted by molar-refractivity contribution is 7.88. The summed E-state index contributed by atoms with van der Waals surface area (Å²) in [6.07, 6.45) is -6.24. The monoisotopic (exact) mass is 242 g/mol. The molecule has 0 aromatic heterocycles. The molecule has 0 amide bonds. The zero-order valence-corrected chi connectivity index (χ0v) is 7.25. The number of halogens is 5. The Bertz CT molecular complexity index is 332. The van der Waals surface area contributed by atoms with Gasteiger partial charge >= 0.3 is 27.4 Å². The van der Waals surface area contributed by atoms with Gasteiger partial charge in [0.25, 0.3) is 0 Å². The molecule has 0 saturated carbocycles. The van der Waals surface area contributed by atoms with Crippen molar-refractivity contribution in [1.29, 1.82) is 0 Å². The van der Waals surface area contributed by atoms with Gasteiger partial charge in [-0.15, -0.1) is 3.89 Å². The van der Waals surface area contributed by atoms with Crippen LogP contribution < -0.4 is 0 Å². The second kappa shape index (κ2) is 3.33. The Labute approximate surface area is 74.9 Å². The van der Waals surface area contributed by atoms with Crippen molar-refractivity contribution in [2.45, 2.75) is 11.2 Å². The molecule has 10 heteroatoms. The first-order valence-corrected chi connectivity index (χ1v) is 4.15. The third kappa shape index (κ3) is 1.79. The lowest BCUT2D eigenvalue weighted by molar-refractivity contribution is -0.212. The maximum absolute atomic E-state index is 12.6. The Hall–Kier alpha value is -0.930. The molecule has 0 bridgehead atoms. The van der Waals surface area contributed by atoms with Gasteiger partial charge in [-0.2, -0.15) is 21.6 Å². The minimum Gasteiger partial charge on any atom is -0.465 e. The Balaban J connectivity index is 5.66. The fourth-order valence-corrected chi connectivity index (χ4v) is 1.04. The van der Waals surface area contributed by atoms with Crippen LogP contribution in [0.4, 0.5) is 21.4 Å². The van der Waals surface area contributed by atoms with Crippen LogP contribution in [-0.4, -0.2) is 32.7 Å². The van der Waals surface area contributed by atoms with E-state index in [1.165, 1.54) is 0 Å². The predicted octanol–water partition coefficient (Wildman–Crippen LogP) is 0.687. The van der Waals surface area contributed by atoms with Gasteiger partial charge in [0.05, 0.1) is 7.11 Å². The molecule has 0 aromatic carbocycles. The lowest BCUT2D eigenvalue weighted by Gasteiger charge is -2.20. The van der Waals surface area contributed by atoms with Crippen LogP contribution in [0.25, 0.3) is 0 Å². The van der Waals surface area contributed by atoms with Crippen molar-refractivity contribution in [3.8, 4) is 0 Å². The molecule has 0 spiro atoms. The van der Waals surface area contributed by atoms with E-state index in [4.69, 9.17) is 0 Å². The summed E-state index contributed by atoms with van der Waals surface area (Å²) in [6, 6.07) is 0. The number of methoxy groups -OCH3 is 1. The first-order valence-electron chi connectivity index (χ1n) is 2.76. The molecule has 0 N–H and O–H groups in total. The van der Waals surface area contributed by atoms with E-state index in [9.17, 15) is 34.7 Å². The zero-order chi connectivity index (χ0) is 11.8. The van der Waals surface area contributed by atoms with Crippen molar-refractivity contribution in [2.24, 2.45) is 0 Å². The lowest BCUT2D eigenvalue weighted by Crippen LogP contribution is -2.53. The van der Waals surface area contributed by atoms with E-state index in [1.807, 2.05) is 0 Å². The second-order valence-corrected chi connectivity index (χ2v) is 3.46. The summed E-state index contributed by atoms with van der Waals surface area (Å²) < 4.78 is 82.7. The highest BCUT2D eigenvalue weighted by atomic mass is 32.3. The predicted molar refractivity (Wildman–Crippen MR) is 31.9 cm³/mol. The highest BCUT2D eigenvalue weighted by Gasteiger charge is 2.73. The van der Waals surface area contributed by atoms with Crippen molar-refractivity contribution < 1.29 is 39.4 Å². The number of ether oxygens (including phenoxy) is 1. The average Bonchev–Trinajstić information content (AvgIpc) is 1.97. The standard InChI is InChI=1S/C4H3F5O4S/c1-13-2(10)3(5,4(6,7)8)14(9,11)12/h1H3. The van der Waals surface area contributed by atoms with Crippen LogP contribution in [0.1, 0.15) is 0 Å². The largest absolute Gasteiger partial charge is 0.465 e. The normalized spacial score (nSPS) is 17.3. The summed E-state index contributed by atoms with van der Waals surface area (Å²) >= 11 is 0. The lowest BCUT2D eigenvalue weighted by atomic mass is 10.4. The number of hydrogen-bond acceptors (Lipinski definition) is 4. The minimum absolute atomic E-state index is 0.285. The van der Waals surface area contributed by atoms with Crippen LogP contribution in [0.2, 0.25) is 0 Å². The summed E-state index contributed by atoms with van der Waals surface area (Å²) in [5.41, 5.74) is 0. The summed E-state index contributed by atoms with van der Waals surface area (Å²) in [7, 11) is -6.51. The van der Waals surface area contributed by atoms with Crippen LogP contribution in [0.15, 0.2) is 0 Å². The van der Waals surface area contributed by atoms with E-state index in [0.717, 1.165) is 0 Å². The maximum atomic E-state index is 12.6. The molecule has 0 saturated heterocycles. The smallest absolute Gasteiger partial charge is 0.451 e. The minimum atomic E-state index is -6.80. The average molecular weight is 242 g/mol. The molecule has 0 rings (SSSR count). The van der Waals surface area contributed by atoms with E-state index in [1.54, 1.807) is 0 Å². The van der Waals surface area contributed by atoms with Gasteiger partial charge in [0, 0.05) is 0 Å². The SMILES string of the molecule is COC(=O)C(F)(C(F)(F)F)S(=O)(=O)F. The van der Waals surface area contributed by atoms with Gasteiger partial charge in [0.1, 0.15) is 0 Å². The van der Waals surface area contributed by atoms with Crippen molar-refractivity contribution in [3.05, 3.63) is 0 Å². The number of carbonyl (C=O) groups is 1. The van der Waals surface area contributed by atoms with E-state index in [2.05, 4.69) is 4.74 Å². The molecule has 1 atom stereocenters. The number of carbonyl (C=O) groups excluding carboxylic acids is 1. The molecule has 0 radical (unpaired) electrons. The number of rotatable bonds is 2. The molecule has 14 heavy (non-hydrogen) atoms. The molecule has 0 aliphatic heterocycles. The van der Waals surface area contributed by atoms with Crippen LogP contribution in [0.3, 0.4) is 0 Å². The van der Waals surface area contributed by atoms with Crippen molar-refractivity contribution in [3.63, 3.8) is 0 Å². The molecule has 0 heterocycles. The number of hydrogen-bond donors (Lipinski definition) is 0. The molecule has 0 aromatic rings. The van der Waals surface area contributed by atoms with E-state index in [0.29, 0.717) is 0 Å². The van der Waals surface area contributed by atoms with E-state index >= 15 is 0 Å². The first kappa shape index (κ1) is 13.1. The van der Waals surface area contributed by atoms with Gasteiger partial charge in [-0.05, 0) is 0 Å². The Morgan fingerprint density at radius 3 is 1.64 bits per heavy atom. The second-order valence-electron chi connectivity index (χ2n) is 2.02. The summed E-state index contributed by atoms with van der Waals surface area (Å²) in [5, 5.41) is -5.67. The number of alkyl halides is 4. The molecule has 0 fully saturated rings.